The van der Waals surface area contributed by atoms with E-state index in [9.17, 15) is 58.1 Å². The van der Waals surface area contributed by atoms with Crippen molar-refractivity contribution in [1.29, 1.82) is 0 Å². The minimum Gasteiger partial charge on any atom is -0.397 e. The van der Waals surface area contributed by atoms with Crippen LogP contribution in [0, 0.1) is 0 Å². The Hall–Kier alpha value is -7.18. The highest BCUT2D eigenvalue weighted by Gasteiger charge is 2.39. The van der Waals surface area contributed by atoms with Crippen molar-refractivity contribution in [1.82, 2.24) is 25.2 Å². The van der Waals surface area contributed by atoms with E-state index in [1.165, 1.54) is 30.3 Å². The summed E-state index contributed by atoms with van der Waals surface area (Å²) in [6.07, 6.45) is 8.31. The molecule has 0 radical (unpaired) electrons. The van der Waals surface area contributed by atoms with Crippen LogP contribution in [0.5, 0.6) is 0 Å². The van der Waals surface area contributed by atoms with Gasteiger partial charge in [0.25, 0.3) is 30.4 Å². The van der Waals surface area contributed by atoms with Gasteiger partial charge in [0.15, 0.2) is 11.6 Å². The number of hydrogen-bond donors (Lipinski definition) is 9. The van der Waals surface area contributed by atoms with Crippen LogP contribution in [0.15, 0.2) is 98.8 Å². The summed E-state index contributed by atoms with van der Waals surface area (Å²) in [6.45, 7) is 11.6. The lowest BCUT2D eigenvalue weighted by molar-refractivity contribution is -0.127. The molecule has 1 saturated heterocycles. The molecule has 2 aliphatic carbocycles. The highest BCUT2D eigenvalue weighted by Crippen LogP contribution is 2.43. The monoisotopic (exact) mass is 1150 g/mol. The molecule has 1 aromatic heterocycles. The Labute approximate surface area is 457 Å². The number of fused-ring (bicyclic) bond motifs is 2. The Morgan fingerprint density at radius 2 is 1.37 bits per heavy atom. The molecule has 10 N–H and O–H groups in total. The molecule has 7 rings (SSSR count). The summed E-state index contributed by atoms with van der Waals surface area (Å²) < 4.78 is 118. The van der Waals surface area contributed by atoms with Gasteiger partial charge in [-0.15, -0.1) is 0 Å². The van der Waals surface area contributed by atoms with Crippen LogP contribution in [0.3, 0.4) is 0 Å². The molecule has 0 saturated carbocycles. The highest BCUT2D eigenvalue weighted by atomic mass is 32.2. The SMILES string of the molecule is C=C1CCC(=O)N1CCCC(=O)NCCCC(C)OCCC(C)(C)OCCCNc1nc(Nc2ccccc2S(=O)(=O)O)nc(Nc2ccc(Nc3cc(S(=O)(=O)O)c(N)c4c3C(=O)C3=CCCC=C3C4=O)cc2S(=O)(=O)O)n1. The number of nitrogens with two attached hydrogens (primary N) is 1. The Bertz CT molecular complexity index is 3460. The van der Waals surface area contributed by atoms with Gasteiger partial charge in [-0.2, -0.15) is 40.2 Å². The van der Waals surface area contributed by atoms with E-state index in [1.54, 1.807) is 11.0 Å². The van der Waals surface area contributed by atoms with Crippen LogP contribution in [0.4, 0.5) is 46.3 Å². The lowest BCUT2D eigenvalue weighted by Gasteiger charge is -2.26. The average Bonchev–Trinajstić information content (AvgIpc) is 3.83. The molecule has 28 heteroatoms. The van der Waals surface area contributed by atoms with Crippen LogP contribution in [0.1, 0.15) is 106 Å². The summed E-state index contributed by atoms with van der Waals surface area (Å²) in [6, 6.07) is 9.46. The van der Waals surface area contributed by atoms with Crippen molar-refractivity contribution in [2.24, 2.45) is 0 Å². The van der Waals surface area contributed by atoms with Crippen molar-refractivity contribution >= 4 is 100 Å². The normalized spacial score (nSPS) is 15.2. The number of rotatable bonds is 27. The smallest absolute Gasteiger partial charge is 0.296 e. The van der Waals surface area contributed by atoms with Crippen molar-refractivity contribution in [3.8, 4) is 0 Å². The van der Waals surface area contributed by atoms with E-state index in [0.717, 1.165) is 42.8 Å². The first-order valence-corrected chi connectivity index (χ1v) is 29.5. The quantitative estimate of drug-likeness (QED) is 0.0171. The molecule has 0 spiro atoms. The lowest BCUT2D eigenvalue weighted by Crippen LogP contribution is -2.29. The number of anilines is 8. The van der Waals surface area contributed by atoms with E-state index in [2.05, 4.69) is 48.1 Å². The van der Waals surface area contributed by atoms with Gasteiger partial charge in [0, 0.05) is 68.2 Å². The number of carbonyl (C=O) groups is 4. The van der Waals surface area contributed by atoms with Gasteiger partial charge >= 0.3 is 0 Å². The first-order valence-electron chi connectivity index (χ1n) is 25.1. The molecule has 0 bridgehead atoms. The number of ketones is 2. The van der Waals surface area contributed by atoms with E-state index in [0.29, 0.717) is 71.1 Å². The number of ether oxygens (including phenoxy) is 2. The summed E-state index contributed by atoms with van der Waals surface area (Å²) in [7, 11) is -15.0. The van der Waals surface area contributed by atoms with Crippen LogP contribution in [-0.2, 0) is 49.4 Å². The number of hydrogen-bond acceptors (Lipinski definition) is 20. The van der Waals surface area contributed by atoms with Crippen LogP contribution >= 0.6 is 0 Å². The Morgan fingerprint density at radius 3 is 2.00 bits per heavy atom. The first kappa shape index (κ1) is 59.5. The second-order valence-electron chi connectivity index (χ2n) is 19.4. The van der Waals surface area contributed by atoms with Crippen LogP contribution in [0.25, 0.3) is 0 Å². The number of nitrogens with one attached hydrogen (secondary N) is 5. The summed E-state index contributed by atoms with van der Waals surface area (Å²) in [5.41, 5.74) is 3.91. The van der Waals surface area contributed by atoms with Gasteiger partial charge in [-0.3, -0.25) is 32.8 Å². The molecule has 1 aliphatic heterocycles. The summed E-state index contributed by atoms with van der Waals surface area (Å²) >= 11 is 0. The molecular weight excluding hydrogens is 1090 g/mol. The van der Waals surface area contributed by atoms with Crippen molar-refractivity contribution in [3.05, 3.63) is 95.2 Å². The number of Topliss-reactive ketones (excluding diaryl/α,β-unsaturated/α-hetero) is 2. The number of benzene rings is 3. The standard InChI is InChI=1S/C51H62N10O15S3/c1-30-18-21-42(63)61(30)25-10-17-41(62)53-23-9-12-31(2)75-27-22-51(3,4)76-26-11-24-54-48-58-49(56-35-15-7-8-16-38(35)77(66,67)68)60-50(59-48)57-36-20-19-32(28-39(36)78(69,70)71)55-37-29-40(79(72,73)74)45(52)44-43(37)46(64)33-13-5-6-14-34(33)47(44)65/h7-8,13-16,19-20,28-29,31,55H,1,5-6,9-12,17-18,21-27,52H2,2-4H3,(H,53,62)(H,66,67,68)(H,69,70,71)(H,72,73,74)(H3,54,56,57,58,59,60). The highest BCUT2D eigenvalue weighted by molar-refractivity contribution is 7.86. The first-order chi connectivity index (χ1) is 37.2. The molecule has 4 aromatic rings. The molecule has 1 fully saturated rings. The zero-order chi connectivity index (χ0) is 57.5. The third-order valence-corrected chi connectivity index (χ3v) is 15.6. The predicted octanol–water partition coefficient (Wildman–Crippen LogP) is 6.66. The maximum Gasteiger partial charge on any atom is 0.296 e. The maximum atomic E-state index is 13.9. The summed E-state index contributed by atoms with van der Waals surface area (Å²) in [4.78, 5) is 64.2. The molecule has 79 heavy (non-hydrogen) atoms. The van der Waals surface area contributed by atoms with Gasteiger partial charge in [-0.05, 0) is 109 Å². The molecule has 25 nitrogen and oxygen atoms in total. The summed E-state index contributed by atoms with van der Waals surface area (Å²) in [5, 5.41) is 14.1. The molecule has 1 unspecified atom stereocenters. The molecule has 1 atom stereocenters. The van der Waals surface area contributed by atoms with Crippen molar-refractivity contribution in [2.45, 2.75) is 111 Å². The number of aromatic nitrogens is 3. The third-order valence-electron chi connectivity index (χ3n) is 12.9. The Balaban J connectivity index is 0.999. The molecule has 3 aliphatic rings. The fourth-order valence-corrected chi connectivity index (χ4v) is 10.8. The Morgan fingerprint density at radius 1 is 0.747 bits per heavy atom. The van der Waals surface area contributed by atoms with Gasteiger partial charge in [0.2, 0.25) is 29.7 Å². The van der Waals surface area contributed by atoms with Crippen molar-refractivity contribution < 1.29 is 67.6 Å². The van der Waals surface area contributed by atoms with Crippen LogP contribution < -0.4 is 32.3 Å². The number of likely N-dealkylation sites (tertiary alicyclic amines) is 1. The largest absolute Gasteiger partial charge is 0.397 e. The molecule has 424 valence electrons. The fraction of sp³-hybridized carbons (Fsp3) is 0.392. The van der Waals surface area contributed by atoms with Crippen molar-refractivity contribution in [2.75, 3.05) is 59.8 Å². The average molecular weight is 1150 g/mol. The van der Waals surface area contributed by atoms with E-state index >= 15 is 0 Å². The number of amides is 2. The summed E-state index contributed by atoms with van der Waals surface area (Å²) in [5.74, 6) is -2.23. The van der Waals surface area contributed by atoms with Gasteiger partial charge in [0.1, 0.15) is 14.7 Å². The molecule has 3 aromatic carbocycles. The lowest BCUT2D eigenvalue weighted by atomic mass is 9.78. The van der Waals surface area contributed by atoms with Crippen LogP contribution in [0.2, 0.25) is 0 Å². The van der Waals surface area contributed by atoms with Gasteiger partial charge in [-0.25, -0.2) is 0 Å². The minimum atomic E-state index is -5.14. The number of nitrogen functional groups attached to an aromatic ring is 1. The van der Waals surface area contributed by atoms with Gasteiger partial charge < -0.3 is 46.7 Å². The zero-order valence-corrected chi connectivity index (χ0v) is 45.9. The second-order valence-corrected chi connectivity index (χ2v) is 23.6. The third kappa shape index (κ3) is 15.4. The van der Waals surface area contributed by atoms with E-state index < -0.39 is 73.5 Å². The minimum absolute atomic E-state index is 0.0102. The van der Waals surface area contributed by atoms with E-state index in [4.69, 9.17) is 15.2 Å². The van der Waals surface area contributed by atoms with Crippen LogP contribution in [-0.4, -0.2) is 127 Å². The number of nitrogens with zero attached hydrogens (tertiary/aromatic N) is 4. The van der Waals surface area contributed by atoms with E-state index in [-0.39, 0.29) is 88.4 Å². The number of allylic oxidation sites excluding steroid dienone is 5. The van der Waals surface area contributed by atoms with E-state index in [1.807, 2.05) is 20.8 Å². The molecule has 2 amide bonds. The maximum absolute atomic E-state index is 13.9. The number of para-hydroxylation sites is 1. The zero-order valence-electron chi connectivity index (χ0n) is 43.5. The second kappa shape index (κ2) is 24.9. The topological polar surface area (TPSA) is 378 Å². The van der Waals surface area contributed by atoms with Gasteiger partial charge in [0.05, 0.1) is 45.6 Å². The van der Waals surface area contributed by atoms with Crippen molar-refractivity contribution in [3.63, 3.8) is 0 Å². The number of carbonyl (C=O) groups excluding carboxylic acids is 4. The predicted molar refractivity (Wildman–Crippen MR) is 292 cm³/mol. The Kier molecular flexibility index (Phi) is 18.7. The molecule has 2 heterocycles. The molecular formula is C51H62N10O15S3. The van der Waals surface area contributed by atoms with Gasteiger partial charge in [-0.1, -0.05) is 30.9 Å². The fourth-order valence-electron chi connectivity index (χ4n) is 8.87.